The molecule has 0 aliphatic rings. The van der Waals surface area contributed by atoms with Gasteiger partial charge in [-0.15, -0.1) is 0 Å². The largest absolute Gasteiger partial charge is 0.384 e. The van der Waals surface area contributed by atoms with Crippen molar-refractivity contribution in [1.29, 1.82) is 5.26 Å². The highest BCUT2D eigenvalue weighted by Gasteiger charge is 2.34. The van der Waals surface area contributed by atoms with E-state index in [4.69, 9.17) is 5.26 Å². The molecule has 0 aliphatic heterocycles. The number of hydrogen-bond donors (Lipinski definition) is 3. The number of aromatic nitrogens is 2. The Morgan fingerprint density at radius 1 is 1.29 bits per heavy atom. The molecule has 0 radical (unpaired) electrons. The van der Waals surface area contributed by atoms with Crippen LogP contribution in [0.3, 0.4) is 0 Å². The van der Waals surface area contributed by atoms with Crippen molar-refractivity contribution in [3.05, 3.63) is 30.0 Å². The Hall–Kier alpha value is -3.25. The molecular weight excluding hydrogens is 398 g/mol. The normalized spacial score (nSPS) is 13.3. The van der Waals surface area contributed by atoms with Crippen molar-refractivity contribution in [2.24, 2.45) is 5.41 Å². The summed E-state index contributed by atoms with van der Waals surface area (Å²) < 4.78 is 1.74. The number of aliphatic hydroxyl groups excluding tert-OH is 1. The third kappa shape index (κ3) is 6.36. The minimum absolute atomic E-state index is 0.214. The fraction of sp³-hybridized carbons (Fsp3) is 0.500. The highest BCUT2D eigenvalue weighted by Crippen LogP contribution is 2.22. The fourth-order valence-electron chi connectivity index (χ4n) is 3.16. The summed E-state index contributed by atoms with van der Waals surface area (Å²) in [4.78, 5) is 36.3. The van der Waals surface area contributed by atoms with Gasteiger partial charge in [-0.1, -0.05) is 39.0 Å². The van der Waals surface area contributed by atoms with E-state index in [2.05, 4.69) is 21.8 Å². The van der Waals surface area contributed by atoms with Crippen LogP contribution < -0.4 is 10.6 Å². The number of para-hydroxylation sites is 1. The molecule has 1 aromatic carbocycles. The topological polar surface area (TPSA) is 137 Å². The lowest BCUT2D eigenvalue weighted by Crippen LogP contribution is -2.54. The molecular formula is C22H29N5O4. The molecule has 2 atom stereocenters. The number of nitriles is 1. The van der Waals surface area contributed by atoms with Gasteiger partial charge < -0.3 is 20.5 Å². The first-order valence-corrected chi connectivity index (χ1v) is 10.2. The predicted octanol–water partition coefficient (Wildman–Crippen LogP) is 1.55. The Bertz CT molecular complexity index is 970. The summed E-state index contributed by atoms with van der Waals surface area (Å²) >= 11 is 0. The van der Waals surface area contributed by atoms with Gasteiger partial charge in [0.1, 0.15) is 18.4 Å². The maximum absolute atomic E-state index is 13.1. The summed E-state index contributed by atoms with van der Waals surface area (Å²) in [5, 5.41) is 28.5. The van der Waals surface area contributed by atoms with E-state index >= 15 is 0 Å². The Balaban J connectivity index is 2.24. The number of nitrogens with one attached hydrogen (secondary N) is 2. The maximum atomic E-state index is 13.1. The summed E-state index contributed by atoms with van der Waals surface area (Å²) in [6, 6.07) is 8.56. The van der Waals surface area contributed by atoms with Crippen LogP contribution in [0.2, 0.25) is 0 Å². The minimum Gasteiger partial charge on any atom is -0.384 e. The van der Waals surface area contributed by atoms with Crippen LogP contribution in [0.1, 0.15) is 50.5 Å². The van der Waals surface area contributed by atoms with Crippen molar-refractivity contribution < 1.29 is 19.5 Å². The van der Waals surface area contributed by atoms with Crippen LogP contribution in [-0.4, -0.2) is 51.7 Å². The average Bonchev–Trinajstić information content (AvgIpc) is 3.11. The first-order valence-electron chi connectivity index (χ1n) is 10.2. The van der Waals surface area contributed by atoms with Crippen molar-refractivity contribution in [2.45, 2.75) is 58.7 Å². The molecule has 0 spiro atoms. The maximum Gasteiger partial charge on any atom is 0.273 e. The molecule has 1 heterocycles. The first-order chi connectivity index (χ1) is 14.7. The van der Waals surface area contributed by atoms with Crippen LogP contribution in [0.5, 0.6) is 0 Å². The Morgan fingerprint density at radius 3 is 2.65 bits per heavy atom. The number of unbranched alkanes of at least 4 members (excludes halogenated alkanes) is 2. The number of fused-ring (bicyclic) bond motifs is 1. The predicted molar refractivity (Wildman–Crippen MR) is 115 cm³/mol. The third-order valence-electron chi connectivity index (χ3n) is 4.83. The van der Waals surface area contributed by atoms with Crippen LogP contribution >= 0.6 is 0 Å². The first kappa shape index (κ1) is 24.0. The molecule has 0 aliphatic carbocycles. The second-order valence-electron chi connectivity index (χ2n) is 8.43. The molecule has 2 rings (SSSR count). The van der Waals surface area contributed by atoms with Crippen molar-refractivity contribution >= 4 is 29.0 Å². The van der Waals surface area contributed by atoms with Gasteiger partial charge in [-0.3, -0.25) is 14.3 Å². The lowest BCUT2D eigenvalue weighted by atomic mass is 9.86. The summed E-state index contributed by atoms with van der Waals surface area (Å²) in [6.45, 7) is 5.76. The highest BCUT2D eigenvalue weighted by molar-refractivity contribution is 6.06. The summed E-state index contributed by atoms with van der Waals surface area (Å²) in [6.07, 6.45) is 0.993. The SMILES string of the molecule is CC(C)(C)C(NC(=O)c1nn(CCCCC#N)c2ccccc12)C(=O)NCC(O)C=O. The Kier molecular flexibility index (Phi) is 8.28. The molecule has 2 amide bonds. The summed E-state index contributed by atoms with van der Waals surface area (Å²) in [5.74, 6) is -0.986. The minimum atomic E-state index is -1.30. The zero-order valence-electron chi connectivity index (χ0n) is 18.1. The van der Waals surface area contributed by atoms with Gasteiger partial charge in [0, 0.05) is 18.4 Å². The number of hydrogen-bond acceptors (Lipinski definition) is 6. The molecule has 9 nitrogen and oxygen atoms in total. The smallest absolute Gasteiger partial charge is 0.273 e. The molecule has 0 fully saturated rings. The zero-order chi connectivity index (χ0) is 23.0. The second kappa shape index (κ2) is 10.7. The molecule has 2 unspecified atom stereocenters. The van der Waals surface area contributed by atoms with Gasteiger partial charge in [0.05, 0.1) is 18.1 Å². The van der Waals surface area contributed by atoms with E-state index in [9.17, 15) is 19.5 Å². The zero-order valence-corrected chi connectivity index (χ0v) is 18.1. The van der Waals surface area contributed by atoms with E-state index in [1.54, 1.807) is 31.5 Å². The van der Waals surface area contributed by atoms with Gasteiger partial charge in [0.15, 0.2) is 5.69 Å². The molecule has 0 saturated carbocycles. The number of aliphatic hydroxyl groups is 1. The monoisotopic (exact) mass is 427 g/mol. The van der Waals surface area contributed by atoms with Crippen molar-refractivity contribution in [1.82, 2.24) is 20.4 Å². The quantitative estimate of drug-likeness (QED) is 0.389. The Morgan fingerprint density at radius 2 is 2.00 bits per heavy atom. The molecule has 31 heavy (non-hydrogen) atoms. The lowest BCUT2D eigenvalue weighted by Gasteiger charge is -2.30. The van der Waals surface area contributed by atoms with Crippen LogP contribution in [0.15, 0.2) is 24.3 Å². The number of rotatable bonds is 10. The standard InChI is InChI=1S/C22H29N5O4/c1-22(2,3)19(21(31)24-13-15(29)14-28)25-20(30)18-16-9-5-6-10-17(16)27(26-18)12-8-4-7-11-23/h5-6,9-10,14-15,19,29H,4,7-8,12-13H2,1-3H3,(H,24,31)(H,25,30). The fourth-order valence-corrected chi connectivity index (χ4v) is 3.16. The highest BCUT2D eigenvalue weighted by atomic mass is 16.3. The summed E-state index contributed by atoms with van der Waals surface area (Å²) in [7, 11) is 0. The molecule has 2 aromatic rings. The van der Waals surface area contributed by atoms with Gasteiger partial charge in [0.2, 0.25) is 5.91 Å². The van der Waals surface area contributed by atoms with Crippen LogP contribution in [0.25, 0.3) is 10.9 Å². The number of nitrogens with zero attached hydrogens (tertiary/aromatic N) is 3. The number of benzene rings is 1. The van der Waals surface area contributed by atoms with Gasteiger partial charge in [-0.05, 0) is 24.3 Å². The van der Waals surface area contributed by atoms with E-state index in [0.717, 1.165) is 18.4 Å². The number of carbonyl (C=O) groups excluding carboxylic acids is 3. The average molecular weight is 428 g/mol. The van der Waals surface area contributed by atoms with Gasteiger partial charge >= 0.3 is 0 Å². The van der Waals surface area contributed by atoms with Gasteiger partial charge in [-0.2, -0.15) is 10.4 Å². The van der Waals surface area contributed by atoms with Crippen molar-refractivity contribution in [3.63, 3.8) is 0 Å². The van der Waals surface area contributed by atoms with Crippen LogP contribution in [0.4, 0.5) is 0 Å². The van der Waals surface area contributed by atoms with E-state index in [1.165, 1.54) is 0 Å². The van der Waals surface area contributed by atoms with Gasteiger partial charge in [0.25, 0.3) is 5.91 Å². The second-order valence-corrected chi connectivity index (χ2v) is 8.43. The number of aryl methyl sites for hydroxylation is 1. The lowest BCUT2D eigenvalue weighted by molar-refractivity contribution is -0.126. The van der Waals surface area contributed by atoms with Gasteiger partial charge in [-0.25, -0.2) is 0 Å². The van der Waals surface area contributed by atoms with Crippen molar-refractivity contribution in [3.8, 4) is 6.07 Å². The molecule has 1 aromatic heterocycles. The van der Waals surface area contributed by atoms with E-state index in [-0.39, 0.29) is 12.2 Å². The third-order valence-corrected chi connectivity index (χ3v) is 4.83. The van der Waals surface area contributed by atoms with E-state index in [0.29, 0.717) is 24.6 Å². The van der Waals surface area contributed by atoms with Crippen LogP contribution in [-0.2, 0) is 16.1 Å². The van der Waals surface area contributed by atoms with E-state index in [1.807, 2.05) is 18.2 Å². The van der Waals surface area contributed by atoms with E-state index < -0.39 is 29.4 Å². The molecule has 9 heteroatoms. The molecule has 3 N–H and O–H groups in total. The molecule has 0 saturated heterocycles. The molecule has 0 bridgehead atoms. The van der Waals surface area contributed by atoms with Crippen molar-refractivity contribution in [2.75, 3.05) is 6.54 Å². The summed E-state index contributed by atoms with van der Waals surface area (Å²) in [5.41, 5.74) is 0.392. The number of aldehydes is 1. The van der Waals surface area contributed by atoms with Crippen LogP contribution in [0, 0.1) is 16.7 Å². The number of carbonyl (C=O) groups is 3. The number of amides is 2. The Labute approximate surface area is 181 Å². The molecule has 166 valence electrons.